The molecule has 1 atom stereocenters. The summed E-state index contributed by atoms with van der Waals surface area (Å²) in [4.78, 5) is 6.61. The van der Waals surface area contributed by atoms with Crippen LogP contribution in [0.3, 0.4) is 0 Å². The first-order chi connectivity index (χ1) is 11.3. The quantitative estimate of drug-likeness (QED) is 0.747. The standard InChI is InChI=1S/C18H21BrN2O2/c19-18-17(8-4-9-20-18)23-14-16-13-21(10-5-11-22-16)12-15-6-2-1-3-7-15/h1-4,6-9,16H,5,10-14H2/t16-/m1/s1. The van der Waals surface area contributed by atoms with E-state index < -0.39 is 0 Å². The van der Waals surface area contributed by atoms with Gasteiger partial charge >= 0.3 is 0 Å². The number of rotatable bonds is 5. The number of ether oxygens (including phenoxy) is 2. The molecule has 0 unspecified atom stereocenters. The molecule has 1 aliphatic heterocycles. The van der Waals surface area contributed by atoms with Gasteiger partial charge in [0.2, 0.25) is 0 Å². The van der Waals surface area contributed by atoms with E-state index in [1.165, 1.54) is 5.56 Å². The van der Waals surface area contributed by atoms with Crippen molar-refractivity contribution in [2.75, 3.05) is 26.3 Å². The second-order valence-corrected chi connectivity index (χ2v) is 6.42. The van der Waals surface area contributed by atoms with Gasteiger partial charge in [0.1, 0.15) is 17.3 Å². The summed E-state index contributed by atoms with van der Waals surface area (Å²) in [5, 5.41) is 0. The van der Waals surface area contributed by atoms with Gasteiger partial charge in [0.25, 0.3) is 0 Å². The first kappa shape index (κ1) is 16.4. The minimum atomic E-state index is 0.0771. The van der Waals surface area contributed by atoms with Crippen LogP contribution in [0.5, 0.6) is 5.75 Å². The molecule has 1 aromatic heterocycles. The van der Waals surface area contributed by atoms with Crippen molar-refractivity contribution < 1.29 is 9.47 Å². The molecule has 0 spiro atoms. The monoisotopic (exact) mass is 376 g/mol. The van der Waals surface area contributed by atoms with Gasteiger partial charge in [-0.15, -0.1) is 0 Å². The third-order valence-corrected chi connectivity index (χ3v) is 4.43. The summed E-state index contributed by atoms with van der Waals surface area (Å²) >= 11 is 3.41. The Morgan fingerprint density at radius 3 is 2.91 bits per heavy atom. The maximum absolute atomic E-state index is 5.93. The van der Waals surface area contributed by atoms with Crippen molar-refractivity contribution >= 4 is 15.9 Å². The van der Waals surface area contributed by atoms with Crippen LogP contribution in [-0.4, -0.2) is 42.3 Å². The summed E-state index contributed by atoms with van der Waals surface area (Å²) in [6.45, 7) is 4.22. The Labute approximate surface area is 145 Å². The minimum Gasteiger partial charge on any atom is -0.488 e. The molecule has 2 heterocycles. The molecule has 4 nitrogen and oxygen atoms in total. The molecule has 3 rings (SSSR count). The fourth-order valence-corrected chi connectivity index (χ4v) is 3.08. The second-order valence-electron chi connectivity index (χ2n) is 5.67. The number of halogens is 1. The highest BCUT2D eigenvalue weighted by Gasteiger charge is 2.20. The maximum Gasteiger partial charge on any atom is 0.152 e. The number of benzene rings is 1. The molecule has 0 radical (unpaired) electrons. The van der Waals surface area contributed by atoms with Crippen molar-refractivity contribution in [1.29, 1.82) is 0 Å². The van der Waals surface area contributed by atoms with Gasteiger partial charge in [-0.2, -0.15) is 0 Å². The Kier molecular flexibility index (Phi) is 6.02. The predicted octanol–water partition coefficient (Wildman–Crippen LogP) is 3.51. The fraction of sp³-hybridized carbons (Fsp3) is 0.389. The van der Waals surface area contributed by atoms with E-state index in [1.807, 2.05) is 12.1 Å². The van der Waals surface area contributed by atoms with Crippen LogP contribution in [0.15, 0.2) is 53.3 Å². The molecule has 1 fully saturated rings. The van der Waals surface area contributed by atoms with E-state index in [-0.39, 0.29) is 6.10 Å². The molecule has 23 heavy (non-hydrogen) atoms. The SMILES string of the molecule is Brc1ncccc1OC[C@H]1CN(Cc2ccccc2)CCCO1. The van der Waals surface area contributed by atoms with Crippen LogP contribution in [0.2, 0.25) is 0 Å². The van der Waals surface area contributed by atoms with Crippen molar-refractivity contribution in [2.45, 2.75) is 19.1 Å². The van der Waals surface area contributed by atoms with E-state index in [9.17, 15) is 0 Å². The smallest absolute Gasteiger partial charge is 0.152 e. The van der Waals surface area contributed by atoms with Gasteiger partial charge in [-0.1, -0.05) is 30.3 Å². The molecule has 1 aromatic carbocycles. The summed E-state index contributed by atoms with van der Waals surface area (Å²) in [5.74, 6) is 0.759. The highest BCUT2D eigenvalue weighted by Crippen LogP contribution is 2.21. The zero-order valence-electron chi connectivity index (χ0n) is 13.0. The number of hydrogen-bond donors (Lipinski definition) is 0. The lowest BCUT2D eigenvalue weighted by Crippen LogP contribution is -2.34. The first-order valence-electron chi connectivity index (χ1n) is 7.92. The van der Waals surface area contributed by atoms with Gasteiger partial charge in [-0.25, -0.2) is 4.98 Å². The van der Waals surface area contributed by atoms with Crippen LogP contribution < -0.4 is 4.74 Å². The van der Waals surface area contributed by atoms with Crippen molar-refractivity contribution in [3.05, 3.63) is 58.8 Å². The second kappa shape index (κ2) is 8.43. The van der Waals surface area contributed by atoms with Gasteiger partial charge in [0.15, 0.2) is 5.75 Å². The third kappa shape index (κ3) is 5.03. The molecule has 122 valence electrons. The summed E-state index contributed by atoms with van der Waals surface area (Å²) in [7, 11) is 0. The molecule has 1 aliphatic rings. The van der Waals surface area contributed by atoms with Gasteiger partial charge in [-0.3, -0.25) is 4.90 Å². The first-order valence-corrected chi connectivity index (χ1v) is 8.72. The number of aromatic nitrogens is 1. The Bertz CT molecular complexity index is 609. The Morgan fingerprint density at radius 2 is 2.09 bits per heavy atom. The Balaban J connectivity index is 1.56. The highest BCUT2D eigenvalue weighted by molar-refractivity contribution is 9.10. The topological polar surface area (TPSA) is 34.6 Å². The van der Waals surface area contributed by atoms with E-state index in [0.717, 1.165) is 43.0 Å². The summed E-state index contributed by atoms with van der Waals surface area (Å²) in [6.07, 6.45) is 2.87. The van der Waals surface area contributed by atoms with Gasteiger partial charge in [0.05, 0.1) is 0 Å². The molecular formula is C18H21BrN2O2. The van der Waals surface area contributed by atoms with Crippen LogP contribution in [-0.2, 0) is 11.3 Å². The van der Waals surface area contributed by atoms with Crippen LogP contribution in [0, 0.1) is 0 Å². The fourth-order valence-electron chi connectivity index (χ4n) is 2.72. The number of pyridine rings is 1. The van der Waals surface area contributed by atoms with Crippen LogP contribution in [0.1, 0.15) is 12.0 Å². The molecular weight excluding hydrogens is 356 g/mol. The van der Waals surface area contributed by atoms with E-state index in [2.05, 4.69) is 56.1 Å². The van der Waals surface area contributed by atoms with Crippen LogP contribution in [0.25, 0.3) is 0 Å². The number of nitrogens with zero attached hydrogens (tertiary/aromatic N) is 2. The van der Waals surface area contributed by atoms with Crippen molar-refractivity contribution in [3.8, 4) is 5.75 Å². The van der Waals surface area contributed by atoms with E-state index in [4.69, 9.17) is 9.47 Å². The van der Waals surface area contributed by atoms with Crippen molar-refractivity contribution in [3.63, 3.8) is 0 Å². The highest BCUT2D eigenvalue weighted by atomic mass is 79.9. The average Bonchev–Trinajstić information content (AvgIpc) is 2.80. The number of hydrogen-bond acceptors (Lipinski definition) is 4. The van der Waals surface area contributed by atoms with Gasteiger partial charge in [-0.05, 0) is 40.0 Å². The van der Waals surface area contributed by atoms with Crippen molar-refractivity contribution in [2.24, 2.45) is 0 Å². The normalized spacial score (nSPS) is 19.3. The summed E-state index contributed by atoms with van der Waals surface area (Å²) in [5.41, 5.74) is 1.34. The molecule has 0 saturated carbocycles. The van der Waals surface area contributed by atoms with Crippen LogP contribution >= 0.6 is 15.9 Å². The molecule has 1 saturated heterocycles. The molecule has 5 heteroatoms. The average molecular weight is 377 g/mol. The minimum absolute atomic E-state index is 0.0771. The van der Waals surface area contributed by atoms with E-state index in [0.29, 0.717) is 6.61 Å². The third-order valence-electron chi connectivity index (χ3n) is 3.83. The summed E-state index contributed by atoms with van der Waals surface area (Å²) in [6, 6.07) is 14.4. The molecule has 0 aliphatic carbocycles. The van der Waals surface area contributed by atoms with Crippen molar-refractivity contribution in [1.82, 2.24) is 9.88 Å². The van der Waals surface area contributed by atoms with E-state index >= 15 is 0 Å². The molecule has 2 aromatic rings. The molecule has 0 amide bonds. The predicted molar refractivity (Wildman–Crippen MR) is 93.5 cm³/mol. The summed E-state index contributed by atoms with van der Waals surface area (Å²) < 4.78 is 12.5. The van der Waals surface area contributed by atoms with Gasteiger partial charge < -0.3 is 9.47 Å². The van der Waals surface area contributed by atoms with E-state index in [1.54, 1.807) is 6.20 Å². The Morgan fingerprint density at radius 1 is 1.22 bits per heavy atom. The van der Waals surface area contributed by atoms with Crippen LogP contribution in [0.4, 0.5) is 0 Å². The molecule has 0 N–H and O–H groups in total. The molecule has 0 bridgehead atoms. The lowest BCUT2D eigenvalue weighted by atomic mass is 10.2. The zero-order chi connectivity index (χ0) is 15.9. The largest absolute Gasteiger partial charge is 0.488 e. The lowest BCUT2D eigenvalue weighted by molar-refractivity contribution is 0.0198. The zero-order valence-corrected chi connectivity index (χ0v) is 14.6. The maximum atomic E-state index is 5.93. The lowest BCUT2D eigenvalue weighted by Gasteiger charge is -2.24. The van der Waals surface area contributed by atoms with Gasteiger partial charge in [0, 0.05) is 32.4 Å². The Hall–Kier alpha value is -1.43.